The van der Waals surface area contributed by atoms with Gasteiger partial charge in [0.15, 0.2) is 5.82 Å². The number of anilines is 2. The van der Waals surface area contributed by atoms with Crippen molar-refractivity contribution in [3.05, 3.63) is 58.9 Å². The van der Waals surface area contributed by atoms with Gasteiger partial charge in [-0.2, -0.15) is 0 Å². The van der Waals surface area contributed by atoms with Gasteiger partial charge in [0, 0.05) is 18.8 Å². The van der Waals surface area contributed by atoms with Crippen LogP contribution in [0.25, 0.3) is 0 Å². The van der Waals surface area contributed by atoms with Crippen molar-refractivity contribution in [1.82, 2.24) is 0 Å². The third kappa shape index (κ3) is 3.63. The summed E-state index contributed by atoms with van der Waals surface area (Å²) in [6.45, 7) is 0.749. The summed E-state index contributed by atoms with van der Waals surface area (Å²) in [6, 6.07) is 7.11. The minimum absolute atomic E-state index is 0.274. The average molecular weight is 378 g/mol. The van der Waals surface area contributed by atoms with Gasteiger partial charge in [0.05, 0.1) is 6.42 Å². The Balaban J connectivity index is 1.55. The van der Waals surface area contributed by atoms with Crippen LogP contribution in [0, 0.1) is 17.5 Å². The van der Waals surface area contributed by atoms with Crippen LogP contribution in [0.4, 0.5) is 28.9 Å². The number of alkyl halides is 1. The quantitative estimate of drug-likeness (QED) is 0.795. The van der Waals surface area contributed by atoms with Crippen molar-refractivity contribution in [3.63, 3.8) is 0 Å². The van der Waals surface area contributed by atoms with Gasteiger partial charge in [-0.05, 0) is 60.7 Å². The van der Waals surface area contributed by atoms with E-state index in [4.69, 9.17) is 0 Å². The van der Waals surface area contributed by atoms with Crippen molar-refractivity contribution < 1.29 is 22.4 Å². The fourth-order valence-electron chi connectivity index (χ4n) is 3.42. The van der Waals surface area contributed by atoms with E-state index in [1.165, 1.54) is 18.2 Å². The SMILES string of the molecule is O=C(CC1(F)CC1)Nc1c(F)cc2c(c1F)CCN(c1ccc(F)cc1)C2. The largest absolute Gasteiger partial charge is 0.367 e. The average Bonchev–Trinajstić information content (AvgIpc) is 3.35. The number of fused-ring (bicyclic) bond motifs is 1. The summed E-state index contributed by atoms with van der Waals surface area (Å²) in [7, 11) is 0. The fourth-order valence-corrected chi connectivity index (χ4v) is 3.42. The first-order valence-electron chi connectivity index (χ1n) is 8.84. The minimum atomic E-state index is -1.53. The molecule has 27 heavy (non-hydrogen) atoms. The third-order valence-corrected chi connectivity index (χ3v) is 5.13. The Labute approximate surface area is 154 Å². The highest BCUT2D eigenvalue weighted by atomic mass is 19.1. The molecule has 0 unspecified atom stereocenters. The maximum Gasteiger partial charge on any atom is 0.227 e. The summed E-state index contributed by atoms with van der Waals surface area (Å²) >= 11 is 0. The molecule has 7 heteroatoms. The lowest BCUT2D eigenvalue weighted by Crippen LogP contribution is -2.31. The molecule has 1 heterocycles. The van der Waals surface area contributed by atoms with E-state index in [0.29, 0.717) is 36.9 Å². The van der Waals surface area contributed by atoms with Crippen LogP contribution in [-0.2, 0) is 17.8 Å². The number of carbonyl (C=O) groups excluding carboxylic acids is 1. The van der Waals surface area contributed by atoms with Gasteiger partial charge in [-0.25, -0.2) is 17.6 Å². The van der Waals surface area contributed by atoms with E-state index >= 15 is 0 Å². The number of amides is 1. The number of carbonyl (C=O) groups is 1. The molecule has 1 aliphatic carbocycles. The van der Waals surface area contributed by atoms with Crippen molar-refractivity contribution in [3.8, 4) is 0 Å². The van der Waals surface area contributed by atoms with E-state index in [1.54, 1.807) is 12.1 Å². The van der Waals surface area contributed by atoms with Crippen LogP contribution in [-0.4, -0.2) is 18.1 Å². The first-order valence-corrected chi connectivity index (χ1v) is 8.84. The molecular weight excluding hydrogens is 360 g/mol. The summed E-state index contributed by atoms with van der Waals surface area (Å²) in [5.74, 6) is -2.77. The zero-order chi connectivity index (χ0) is 19.2. The summed E-state index contributed by atoms with van der Waals surface area (Å²) in [6.07, 6.45) is 0.527. The standard InChI is InChI=1S/C20H18F4N2O/c21-13-1-3-14(4-2-13)26-8-5-15-12(11-26)9-16(22)19(18(15)23)25-17(27)10-20(24)6-7-20/h1-4,9H,5-8,10-11H2,(H,25,27). The number of nitrogens with one attached hydrogen (secondary N) is 1. The Morgan fingerprint density at radius 1 is 1.15 bits per heavy atom. The molecule has 0 bridgehead atoms. The van der Waals surface area contributed by atoms with Crippen LogP contribution >= 0.6 is 0 Å². The normalized spacial score (nSPS) is 17.4. The van der Waals surface area contributed by atoms with Crippen LogP contribution in [0.1, 0.15) is 30.4 Å². The Bertz CT molecular complexity index is 894. The summed E-state index contributed by atoms with van der Waals surface area (Å²) < 4.78 is 56.0. The third-order valence-electron chi connectivity index (χ3n) is 5.13. The van der Waals surface area contributed by atoms with Crippen LogP contribution < -0.4 is 10.2 Å². The minimum Gasteiger partial charge on any atom is -0.367 e. The van der Waals surface area contributed by atoms with Gasteiger partial charge in [-0.15, -0.1) is 0 Å². The van der Waals surface area contributed by atoms with Gasteiger partial charge < -0.3 is 10.2 Å². The highest BCUT2D eigenvalue weighted by Crippen LogP contribution is 2.43. The molecule has 1 N–H and O–H groups in total. The lowest BCUT2D eigenvalue weighted by molar-refractivity contribution is -0.117. The van der Waals surface area contributed by atoms with Gasteiger partial charge in [0.2, 0.25) is 5.91 Å². The van der Waals surface area contributed by atoms with E-state index in [2.05, 4.69) is 5.32 Å². The fraction of sp³-hybridized carbons (Fsp3) is 0.350. The number of hydrogen-bond donors (Lipinski definition) is 1. The molecule has 0 aromatic heterocycles. The molecule has 0 radical (unpaired) electrons. The second-order valence-corrected chi connectivity index (χ2v) is 7.21. The Morgan fingerprint density at radius 3 is 2.52 bits per heavy atom. The second kappa shape index (κ2) is 6.55. The van der Waals surface area contributed by atoms with E-state index in [-0.39, 0.29) is 18.8 Å². The molecule has 4 rings (SSSR count). The van der Waals surface area contributed by atoms with Crippen molar-refractivity contribution >= 4 is 17.3 Å². The molecule has 0 atom stereocenters. The highest BCUT2D eigenvalue weighted by molar-refractivity contribution is 5.92. The number of rotatable bonds is 4. The van der Waals surface area contributed by atoms with Crippen molar-refractivity contribution in [2.45, 2.75) is 37.9 Å². The first-order chi connectivity index (χ1) is 12.8. The molecule has 1 fully saturated rings. The number of hydrogen-bond acceptors (Lipinski definition) is 2. The van der Waals surface area contributed by atoms with Gasteiger partial charge in [0.1, 0.15) is 23.0 Å². The predicted octanol–water partition coefficient (Wildman–Crippen LogP) is 4.50. The van der Waals surface area contributed by atoms with Crippen LogP contribution in [0.15, 0.2) is 30.3 Å². The molecule has 1 saturated carbocycles. The van der Waals surface area contributed by atoms with Crippen LogP contribution in [0.2, 0.25) is 0 Å². The number of benzene rings is 2. The molecule has 142 valence electrons. The highest BCUT2D eigenvalue weighted by Gasteiger charge is 2.45. The number of halogens is 4. The topological polar surface area (TPSA) is 32.3 Å². The molecule has 2 aromatic carbocycles. The first kappa shape index (κ1) is 17.8. The van der Waals surface area contributed by atoms with Gasteiger partial charge in [-0.1, -0.05) is 0 Å². The van der Waals surface area contributed by atoms with E-state index in [1.807, 2.05) is 4.90 Å². The van der Waals surface area contributed by atoms with E-state index < -0.39 is 28.9 Å². The summed E-state index contributed by atoms with van der Waals surface area (Å²) in [5.41, 5.74) is -0.466. The monoisotopic (exact) mass is 378 g/mol. The van der Waals surface area contributed by atoms with E-state index in [9.17, 15) is 22.4 Å². The predicted molar refractivity (Wildman–Crippen MR) is 93.8 cm³/mol. The van der Waals surface area contributed by atoms with Crippen molar-refractivity contribution in [2.75, 3.05) is 16.8 Å². The Morgan fingerprint density at radius 2 is 1.85 bits per heavy atom. The smallest absolute Gasteiger partial charge is 0.227 e. The molecular formula is C20H18F4N2O. The molecule has 3 nitrogen and oxygen atoms in total. The lowest BCUT2D eigenvalue weighted by Gasteiger charge is -2.31. The van der Waals surface area contributed by atoms with Gasteiger partial charge >= 0.3 is 0 Å². The maximum atomic E-state index is 14.8. The lowest BCUT2D eigenvalue weighted by atomic mass is 9.97. The zero-order valence-corrected chi connectivity index (χ0v) is 14.5. The molecule has 2 aliphatic rings. The van der Waals surface area contributed by atoms with Gasteiger partial charge in [-0.3, -0.25) is 4.79 Å². The summed E-state index contributed by atoms with van der Waals surface area (Å²) in [4.78, 5) is 13.8. The second-order valence-electron chi connectivity index (χ2n) is 7.21. The molecule has 1 amide bonds. The van der Waals surface area contributed by atoms with E-state index in [0.717, 1.165) is 5.69 Å². The van der Waals surface area contributed by atoms with Crippen molar-refractivity contribution in [1.29, 1.82) is 0 Å². The van der Waals surface area contributed by atoms with Crippen LogP contribution in [0.5, 0.6) is 0 Å². The molecule has 0 saturated heterocycles. The molecule has 1 aliphatic heterocycles. The Hall–Kier alpha value is -2.57. The number of nitrogens with zero attached hydrogens (tertiary/aromatic N) is 1. The van der Waals surface area contributed by atoms with Crippen LogP contribution in [0.3, 0.4) is 0 Å². The van der Waals surface area contributed by atoms with Crippen molar-refractivity contribution in [2.24, 2.45) is 0 Å². The maximum absolute atomic E-state index is 14.8. The van der Waals surface area contributed by atoms with Gasteiger partial charge in [0.25, 0.3) is 0 Å². The zero-order valence-electron chi connectivity index (χ0n) is 14.5. The molecule has 2 aromatic rings. The summed E-state index contributed by atoms with van der Waals surface area (Å²) in [5, 5.41) is 2.19. The molecule has 0 spiro atoms. The Kier molecular flexibility index (Phi) is 4.32.